The summed E-state index contributed by atoms with van der Waals surface area (Å²) in [5.74, 6) is 0. The summed E-state index contributed by atoms with van der Waals surface area (Å²) >= 11 is 0. The Labute approximate surface area is 162 Å². The summed E-state index contributed by atoms with van der Waals surface area (Å²) in [7, 11) is 1.35. The summed E-state index contributed by atoms with van der Waals surface area (Å²) in [6.07, 6.45) is 0. The molecule has 0 spiro atoms. The summed E-state index contributed by atoms with van der Waals surface area (Å²) in [6.45, 7) is 6.66. The van der Waals surface area contributed by atoms with E-state index in [9.17, 15) is 5.11 Å². The zero-order valence-corrected chi connectivity index (χ0v) is 15.1. The molecule has 0 fully saturated rings. The number of aliphatic hydroxyl groups is 1. The molecule has 0 saturated heterocycles. The Morgan fingerprint density at radius 2 is 1.77 bits per heavy atom. The van der Waals surface area contributed by atoms with Crippen LogP contribution in [-0.2, 0) is 4.65 Å². The van der Waals surface area contributed by atoms with Crippen LogP contribution >= 0.6 is 0 Å². The molecule has 0 aliphatic heterocycles. The van der Waals surface area contributed by atoms with E-state index in [0.717, 1.165) is 0 Å². The van der Waals surface area contributed by atoms with Crippen molar-refractivity contribution in [3.8, 4) is 0 Å². The molecule has 4 rings (SSSR count). The fraction of sp³-hybridized carbons (Fsp3) is 0.273. The van der Waals surface area contributed by atoms with Crippen LogP contribution in [0, 0.1) is 0 Å². The van der Waals surface area contributed by atoms with Crippen molar-refractivity contribution in [2.24, 2.45) is 0 Å². The molecule has 0 amide bonds. The van der Waals surface area contributed by atoms with E-state index in [1.54, 1.807) is 39.8 Å². The van der Waals surface area contributed by atoms with Gasteiger partial charge in [-0.05, 0) is 50.7 Å². The molecule has 1 aromatic heterocycles. The molecule has 1 radical (unpaired) electrons. The van der Waals surface area contributed by atoms with Crippen molar-refractivity contribution >= 4 is 45.7 Å². The molecule has 0 atom stereocenters. The third-order valence-corrected chi connectivity index (χ3v) is 4.96. The Morgan fingerprint density at radius 1 is 1.00 bits per heavy atom. The predicted molar refractivity (Wildman–Crippen MR) is 108 cm³/mol. The second kappa shape index (κ2) is 5.87. The number of rotatable bonds is 4. The summed E-state index contributed by atoms with van der Waals surface area (Å²) in [5.41, 5.74) is -1.32. The number of hydrogen-bond donors (Lipinski definition) is 1. The van der Waals surface area contributed by atoms with Crippen LogP contribution in [0.25, 0.3) is 32.7 Å². The third-order valence-electron chi connectivity index (χ3n) is 4.96. The first-order valence-electron chi connectivity index (χ1n) is 11.3. The molecule has 3 nitrogen and oxygen atoms in total. The van der Waals surface area contributed by atoms with Crippen LogP contribution in [0.15, 0.2) is 58.9 Å². The van der Waals surface area contributed by atoms with Gasteiger partial charge in [-0.2, -0.15) is 0 Å². The number of furan rings is 1. The monoisotopic (exact) mass is 351 g/mol. The lowest BCUT2D eigenvalue weighted by Crippen LogP contribution is -2.49. The van der Waals surface area contributed by atoms with Crippen LogP contribution in [0.5, 0.6) is 0 Å². The Hall–Kier alpha value is -2.30. The lowest BCUT2D eigenvalue weighted by atomic mass is 9.80. The molecule has 4 aromatic rings. The van der Waals surface area contributed by atoms with E-state index in [-0.39, 0.29) is 47.2 Å². The normalized spacial score (nSPS) is 16.2. The maximum Gasteiger partial charge on any atom is 0.331 e. The molecule has 0 aliphatic carbocycles. The molecule has 0 bridgehead atoms. The van der Waals surface area contributed by atoms with Crippen molar-refractivity contribution in [2.45, 2.75) is 38.9 Å². The Morgan fingerprint density at radius 3 is 2.54 bits per heavy atom. The van der Waals surface area contributed by atoms with Crippen LogP contribution in [-0.4, -0.2) is 23.8 Å². The van der Waals surface area contributed by atoms with Gasteiger partial charge in [0, 0.05) is 16.2 Å². The Bertz CT molecular complexity index is 1410. The van der Waals surface area contributed by atoms with Gasteiger partial charge in [-0.25, -0.2) is 0 Å². The highest BCUT2D eigenvalue weighted by molar-refractivity contribution is 6.53. The zero-order chi connectivity index (χ0) is 23.7. The summed E-state index contributed by atoms with van der Waals surface area (Å²) in [6, 6.07) is 3.48. The first-order valence-corrected chi connectivity index (χ1v) is 8.35. The van der Waals surface area contributed by atoms with Gasteiger partial charge in [0.15, 0.2) is 0 Å². The topological polar surface area (TPSA) is 42.6 Å². The smallest absolute Gasteiger partial charge is 0.331 e. The fourth-order valence-electron chi connectivity index (χ4n) is 2.66. The van der Waals surface area contributed by atoms with Crippen LogP contribution in [0.2, 0.25) is 0 Å². The molecule has 0 saturated carbocycles. The van der Waals surface area contributed by atoms with Crippen molar-refractivity contribution in [1.29, 1.82) is 0 Å². The first kappa shape index (κ1) is 11.4. The van der Waals surface area contributed by atoms with Gasteiger partial charge in [-0.1, -0.05) is 42.3 Å². The lowest BCUT2D eigenvalue weighted by molar-refractivity contribution is -0.0893. The lowest BCUT2D eigenvalue weighted by Gasteiger charge is -2.37. The van der Waals surface area contributed by atoms with Gasteiger partial charge in [0.2, 0.25) is 0 Å². The molecule has 26 heavy (non-hydrogen) atoms. The minimum Gasteiger partial charge on any atom is -0.455 e. The Balaban J connectivity index is 2.04. The van der Waals surface area contributed by atoms with E-state index >= 15 is 0 Å². The molecule has 1 heterocycles. The maximum absolute atomic E-state index is 10.4. The van der Waals surface area contributed by atoms with E-state index in [1.165, 1.54) is 13.5 Å². The molecule has 0 aliphatic rings. The second-order valence-corrected chi connectivity index (χ2v) is 7.34. The van der Waals surface area contributed by atoms with Crippen LogP contribution in [0.3, 0.4) is 0 Å². The van der Waals surface area contributed by atoms with Gasteiger partial charge >= 0.3 is 7.48 Å². The molecule has 4 heteroatoms. The Kier molecular flexibility index (Phi) is 2.58. The van der Waals surface area contributed by atoms with Crippen molar-refractivity contribution in [1.82, 2.24) is 0 Å². The van der Waals surface area contributed by atoms with Crippen molar-refractivity contribution in [2.75, 3.05) is 0 Å². The average Bonchev–Trinajstić information content (AvgIpc) is 3.07. The molecular formula is C22H22BO3. The quantitative estimate of drug-likeness (QED) is 0.549. The predicted octanol–water partition coefficient (Wildman–Crippen LogP) is 4.55. The van der Waals surface area contributed by atoms with Gasteiger partial charge in [-0.15, -0.1) is 0 Å². The van der Waals surface area contributed by atoms with E-state index in [4.69, 9.17) is 17.3 Å². The van der Waals surface area contributed by atoms with Gasteiger partial charge in [0.05, 0.1) is 19.4 Å². The molecule has 1 N–H and O–H groups in total. The highest BCUT2D eigenvalue weighted by Crippen LogP contribution is 2.33. The van der Waals surface area contributed by atoms with Gasteiger partial charge in [0.25, 0.3) is 0 Å². The molecular weight excluding hydrogens is 323 g/mol. The molecule has 3 aromatic carbocycles. The van der Waals surface area contributed by atoms with Gasteiger partial charge in [-0.3, -0.25) is 0 Å². The summed E-state index contributed by atoms with van der Waals surface area (Å²) in [4.78, 5) is 0. The molecule has 131 valence electrons. The number of hydrogen-bond acceptors (Lipinski definition) is 3. The van der Waals surface area contributed by atoms with E-state index < -0.39 is 11.2 Å². The maximum atomic E-state index is 10.4. The van der Waals surface area contributed by atoms with Crippen LogP contribution in [0.4, 0.5) is 0 Å². The zero-order valence-electron chi connectivity index (χ0n) is 21.1. The fourth-order valence-corrected chi connectivity index (χ4v) is 2.66. The van der Waals surface area contributed by atoms with Crippen LogP contribution in [0.1, 0.15) is 35.9 Å². The minimum atomic E-state index is -1.18. The summed E-state index contributed by atoms with van der Waals surface area (Å²) in [5, 5.41) is 12.0. The van der Waals surface area contributed by atoms with E-state index in [2.05, 4.69) is 0 Å². The highest BCUT2D eigenvalue weighted by atomic mass is 16.5. The number of benzene rings is 3. The number of fused-ring (bicyclic) bond motifs is 5. The largest absolute Gasteiger partial charge is 0.455 e. The van der Waals surface area contributed by atoms with Crippen molar-refractivity contribution in [3.63, 3.8) is 0 Å². The second-order valence-electron chi connectivity index (χ2n) is 7.34. The average molecular weight is 351 g/mol. The van der Waals surface area contributed by atoms with Crippen molar-refractivity contribution in [3.05, 3.63) is 54.5 Å². The first-order chi connectivity index (χ1) is 14.8. The highest BCUT2D eigenvalue weighted by Gasteiger charge is 2.36. The minimum absolute atomic E-state index is 0.0817. The van der Waals surface area contributed by atoms with Crippen molar-refractivity contribution < 1.29 is 22.4 Å². The van der Waals surface area contributed by atoms with E-state index in [1.807, 2.05) is 0 Å². The third kappa shape index (κ3) is 2.70. The van der Waals surface area contributed by atoms with Crippen LogP contribution < -0.4 is 5.46 Å². The van der Waals surface area contributed by atoms with E-state index in [0.29, 0.717) is 27.2 Å². The summed E-state index contributed by atoms with van der Waals surface area (Å²) < 4.78 is 61.0. The standard InChI is InChI=1S/C22H22BO3/c1-21(2,24)22(3,4)26-23-17-10-7-11-18-19(17)16-13-12-14-8-5-6-9-15(14)20(16)25-18/h5-13,24H,1-4H3/i5D,6D,7D,8D,9D,10D. The van der Waals surface area contributed by atoms with Gasteiger partial charge < -0.3 is 14.2 Å². The van der Waals surface area contributed by atoms with Gasteiger partial charge in [0.1, 0.15) is 11.2 Å². The SMILES string of the molecule is [2H]c1cc2oc3c(ccc4c([2H])c([2H])c([2H])c([2H])c43)c2c([B]OC(C)(C)C(C)(C)O)c1[2H]. The molecule has 0 unspecified atom stereocenters.